The van der Waals surface area contributed by atoms with E-state index in [0.29, 0.717) is 16.8 Å². The number of nitrogen functional groups attached to an aromatic ring is 1. The van der Waals surface area contributed by atoms with Crippen molar-refractivity contribution in [2.45, 2.75) is 12.6 Å². The Kier molecular flexibility index (Phi) is 5.57. The zero-order chi connectivity index (χ0) is 24.7. The molecule has 1 amide bonds. The smallest absolute Gasteiger partial charge is 0.407 e. The lowest BCUT2D eigenvalue weighted by Crippen LogP contribution is -2.47. The van der Waals surface area contributed by atoms with E-state index in [4.69, 9.17) is 10.5 Å². The number of ether oxygens (including phenoxy) is 1. The molecule has 0 aliphatic carbocycles. The number of benzene rings is 1. The Morgan fingerprint density at radius 3 is 2.66 bits per heavy atom. The number of carboxylic acid groups (broad SMARTS) is 1. The normalized spacial score (nSPS) is 16.0. The molecule has 12 nitrogen and oxygen atoms in total. The third-order valence-electron chi connectivity index (χ3n) is 5.96. The average molecular weight is 477 g/mol. The summed E-state index contributed by atoms with van der Waals surface area (Å²) in [6.07, 6.45) is 0.0605. The third kappa shape index (κ3) is 4.04. The molecule has 0 unspecified atom stereocenters. The Hall–Kier alpha value is -4.45. The summed E-state index contributed by atoms with van der Waals surface area (Å²) in [5.41, 5.74) is 8.24. The zero-order valence-corrected chi connectivity index (χ0v) is 18.9. The third-order valence-corrected chi connectivity index (χ3v) is 5.96. The van der Waals surface area contributed by atoms with Crippen LogP contribution in [0.4, 0.5) is 10.7 Å². The molecule has 4 heterocycles. The van der Waals surface area contributed by atoms with Gasteiger partial charge in [-0.3, -0.25) is 4.79 Å². The van der Waals surface area contributed by atoms with Gasteiger partial charge < -0.3 is 25.0 Å². The summed E-state index contributed by atoms with van der Waals surface area (Å²) in [5, 5.41) is 13.9. The van der Waals surface area contributed by atoms with E-state index in [2.05, 4.69) is 10.1 Å². The molecule has 1 atom stereocenters. The molecule has 3 N–H and O–H groups in total. The predicted octanol–water partition coefficient (Wildman–Crippen LogP) is 0.885. The van der Waals surface area contributed by atoms with Gasteiger partial charge in [0.2, 0.25) is 11.5 Å². The first-order valence-corrected chi connectivity index (χ1v) is 10.9. The Bertz CT molecular complexity index is 1540. The first-order chi connectivity index (χ1) is 16.8. The van der Waals surface area contributed by atoms with Gasteiger partial charge in [-0.2, -0.15) is 0 Å². The minimum absolute atomic E-state index is 0.0388. The van der Waals surface area contributed by atoms with Gasteiger partial charge in [-0.05, 0) is 6.07 Å². The fourth-order valence-electron chi connectivity index (χ4n) is 4.23. The molecule has 1 aliphatic rings. The number of hydrogen-bond acceptors (Lipinski definition) is 7. The van der Waals surface area contributed by atoms with Crippen LogP contribution in [-0.4, -0.2) is 65.6 Å². The molecule has 5 rings (SSSR count). The van der Waals surface area contributed by atoms with E-state index in [-0.39, 0.29) is 43.4 Å². The van der Waals surface area contributed by atoms with Crippen molar-refractivity contribution in [2.75, 3.05) is 25.4 Å². The van der Waals surface area contributed by atoms with Gasteiger partial charge in [0.1, 0.15) is 0 Å². The van der Waals surface area contributed by atoms with Gasteiger partial charge >= 0.3 is 11.8 Å². The Balaban J connectivity index is 1.70. The van der Waals surface area contributed by atoms with Gasteiger partial charge in [0, 0.05) is 37.0 Å². The predicted molar refractivity (Wildman–Crippen MR) is 127 cm³/mol. The molecule has 180 valence electrons. The number of nitrogens with zero attached hydrogens (tertiary/aromatic N) is 6. The Morgan fingerprint density at radius 2 is 1.94 bits per heavy atom. The first kappa shape index (κ1) is 22.3. The lowest BCUT2D eigenvalue weighted by molar-refractivity contribution is -0.0311. The summed E-state index contributed by atoms with van der Waals surface area (Å²) in [6, 6.07) is 12.4. The van der Waals surface area contributed by atoms with Crippen molar-refractivity contribution in [1.29, 1.82) is 0 Å². The van der Waals surface area contributed by atoms with Gasteiger partial charge in [0.15, 0.2) is 5.65 Å². The quantitative estimate of drug-likeness (QED) is 0.440. The average Bonchev–Trinajstić information content (AvgIpc) is 3.17. The van der Waals surface area contributed by atoms with Crippen molar-refractivity contribution in [3.05, 3.63) is 69.5 Å². The summed E-state index contributed by atoms with van der Waals surface area (Å²) in [7, 11) is 1.63. The van der Waals surface area contributed by atoms with Crippen molar-refractivity contribution in [2.24, 2.45) is 7.05 Å². The van der Waals surface area contributed by atoms with Crippen molar-refractivity contribution in [1.82, 2.24) is 28.6 Å². The maximum Gasteiger partial charge on any atom is 0.407 e. The second-order valence-electron chi connectivity index (χ2n) is 8.27. The molecule has 0 spiro atoms. The highest BCUT2D eigenvalue weighted by molar-refractivity contribution is 5.90. The van der Waals surface area contributed by atoms with Crippen LogP contribution in [0, 0.1) is 0 Å². The maximum absolute atomic E-state index is 13.3. The second-order valence-corrected chi connectivity index (χ2v) is 8.27. The molecule has 1 aliphatic heterocycles. The van der Waals surface area contributed by atoms with Crippen LogP contribution < -0.4 is 17.0 Å². The fourth-order valence-corrected chi connectivity index (χ4v) is 4.23. The molecular formula is C23H23N7O5. The van der Waals surface area contributed by atoms with Crippen LogP contribution in [0.3, 0.4) is 0 Å². The number of aromatic nitrogens is 5. The molecule has 4 aromatic rings. The molecule has 0 radical (unpaired) electrons. The monoisotopic (exact) mass is 477 g/mol. The van der Waals surface area contributed by atoms with E-state index in [9.17, 15) is 19.5 Å². The number of pyridine rings is 1. The molecule has 35 heavy (non-hydrogen) atoms. The Morgan fingerprint density at radius 1 is 1.17 bits per heavy atom. The molecule has 1 saturated heterocycles. The SMILES string of the molecule is Cn1cc(-c2c(-c3ccccc3)nc(N)n3c(=O)n(C[C@@H]4CN(C(=O)O)CCO4)nc23)ccc1=O. The minimum atomic E-state index is -1.04. The van der Waals surface area contributed by atoms with Gasteiger partial charge in [-0.15, -0.1) is 5.10 Å². The first-order valence-electron chi connectivity index (χ1n) is 10.9. The summed E-state index contributed by atoms with van der Waals surface area (Å²) in [4.78, 5) is 42.5. The number of fused-ring (bicyclic) bond motifs is 1. The van der Waals surface area contributed by atoms with Gasteiger partial charge in [-0.1, -0.05) is 30.3 Å². The topological polar surface area (TPSA) is 150 Å². The number of amides is 1. The number of aryl methyl sites for hydroxylation is 1. The maximum atomic E-state index is 13.3. The molecule has 1 aromatic carbocycles. The molecule has 0 bridgehead atoms. The standard InChI is InChI=1S/C23H23N7O5/c1-27-11-15(7-8-17(27)31)18-19(14-5-3-2-4-6-14)25-21(24)30-20(18)26-29(22(30)32)13-16-12-28(23(33)34)9-10-35-16/h2-8,11,16H,9-10,12-13H2,1H3,(H2,24,25)(H,33,34)/t16-/m0/s1. The van der Waals surface area contributed by atoms with Gasteiger partial charge in [-0.25, -0.2) is 23.7 Å². The number of carbonyl (C=O) groups is 1. The van der Waals surface area contributed by atoms with Crippen molar-refractivity contribution in [3.8, 4) is 22.4 Å². The van der Waals surface area contributed by atoms with Crippen LogP contribution in [0.25, 0.3) is 28.0 Å². The van der Waals surface area contributed by atoms with E-state index >= 15 is 0 Å². The fraction of sp³-hybridized carbons (Fsp3) is 0.261. The van der Waals surface area contributed by atoms with E-state index in [1.807, 2.05) is 30.3 Å². The van der Waals surface area contributed by atoms with Crippen molar-refractivity contribution in [3.63, 3.8) is 0 Å². The van der Waals surface area contributed by atoms with Gasteiger partial charge in [0.25, 0.3) is 0 Å². The zero-order valence-electron chi connectivity index (χ0n) is 18.9. The summed E-state index contributed by atoms with van der Waals surface area (Å²) in [5.74, 6) is -0.0413. The van der Waals surface area contributed by atoms with Gasteiger partial charge in [0.05, 0.1) is 37.1 Å². The molecule has 0 saturated carbocycles. The number of morpholine rings is 1. The van der Waals surface area contributed by atoms with Crippen LogP contribution >= 0.6 is 0 Å². The van der Waals surface area contributed by atoms with Crippen molar-refractivity contribution >= 4 is 17.7 Å². The Labute approximate surface area is 198 Å². The van der Waals surface area contributed by atoms with Crippen LogP contribution in [0.5, 0.6) is 0 Å². The second kappa shape index (κ2) is 8.72. The minimum Gasteiger partial charge on any atom is -0.465 e. The number of nitrogens with two attached hydrogens (primary N) is 1. The largest absolute Gasteiger partial charge is 0.465 e. The summed E-state index contributed by atoms with van der Waals surface area (Å²) < 4.78 is 9.54. The number of hydrogen-bond donors (Lipinski definition) is 2. The highest BCUT2D eigenvalue weighted by atomic mass is 16.5. The molecule has 1 fully saturated rings. The highest BCUT2D eigenvalue weighted by Gasteiger charge is 2.27. The van der Waals surface area contributed by atoms with E-state index in [1.165, 1.54) is 24.6 Å². The van der Waals surface area contributed by atoms with E-state index in [0.717, 1.165) is 5.56 Å². The summed E-state index contributed by atoms with van der Waals surface area (Å²) >= 11 is 0. The van der Waals surface area contributed by atoms with Crippen LogP contribution in [0.15, 0.2) is 58.3 Å². The highest BCUT2D eigenvalue weighted by Crippen LogP contribution is 2.33. The number of rotatable bonds is 4. The molecule has 12 heteroatoms. The van der Waals surface area contributed by atoms with Crippen LogP contribution in [0.1, 0.15) is 0 Å². The number of anilines is 1. The van der Waals surface area contributed by atoms with E-state index < -0.39 is 17.9 Å². The molecule has 3 aromatic heterocycles. The lowest BCUT2D eigenvalue weighted by Gasteiger charge is -2.30. The summed E-state index contributed by atoms with van der Waals surface area (Å²) in [6.45, 7) is 0.647. The van der Waals surface area contributed by atoms with Crippen LogP contribution in [0.2, 0.25) is 0 Å². The lowest BCUT2D eigenvalue weighted by atomic mass is 10.0. The van der Waals surface area contributed by atoms with E-state index in [1.54, 1.807) is 19.3 Å². The molecular weight excluding hydrogens is 454 g/mol. The van der Waals surface area contributed by atoms with Crippen LogP contribution in [-0.2, 0) is 18.3 Å². The van der Waals surface area contributed by atoms with Crippen molar-refractivity contribution < 1.29 is 14.6 Å².